The van der Waals surface area contributed by atoms with Crippen molar-refractivity contribution >= 4 is 16.9 Å². The van der Waals surface area contributed by atoms with Crippen molar-refractivity contribution in [2.45, 2.75) is 6.54 Å². The number of rotatable bonds is 0. The number of nitrogens with zero attached hydrogens (tertiary/aromatic N) is 5. The molecule has 0 aliphatic carbocycles. The molecule has 0 radical (unpaired) electrons. The molecule has 0 aromatic carbocycles. The summed E-state index contributed by atoms with van der Waals surface area (Å²) in [4.78, 5) is 9.25. The van der Waals surface area contributed by atoms with E-state index in [9.17, 15) is 0 Å². The number of aryl methyl sites for hydroxylation is 1. The molecule has 0 N–H and O–H groups in total. The molecule has 5 heterocycles. The predicted molar refractivity (Wildman–Crippen MR) is 74.2 cm³/mol. The Morgan fingerprint density at radius 1 is 1.20 bits per heavy atom. The first-order valence-electron chi connectivity index (χ1n) is 6.64. The van der Waals surface area contributed by atoms with Crippen LogP contribution in [0.25, 0.3) is 28.3 Å². The number of hydrogen-bond acceptors (Lipinski definition) is 2. The molecule has 0 fully saturated rings. The first kappa shape index (κ1) is 10.1. The molecule has 4 aromatic rings. The molecule has 4 aromatic heterocycles. The Hall–Kier alpha value is -2.69. The summed E-state index contributed by atoms with van der Waals surface area (Å²) in [5, 5.41) is 0. The van der Waals surface area contributed by atoms with Gasteiger partial charge in [-0.15, -0.1) is 0 Å². The molecule has 1 aliphatic rings. The molecule has 0 atom stereocenters. The molecule has 96 valence electrons. The molecular weight excluding hydrogens is 250 g/mol. The van der Waals surface area contributed by atoms with Crippen molar-refractivity contribution in [1.29, 1.82) is 0 Å². The van der Waals surface area contributed by atoms with E-state index in [2.05, 4.69) is 37.8 Å². The summed E-state index contributed by atoms with van der Waals surface area (Å²) in [6, 6.07) is 10.2. The van der Waals surface area contributed by atoms with Gasteiger partial charge < -0.3 is 0 Å². The highest BCUT2D eigenvalue weighted by Crippen LogP contribution is 2.31. The van der Waals surface area contributed by atoms with Gasteiger partial charge in [0.15, 0.2) is 5.65 Å². The molecule has 1 aliphatic heterocycles. The maximum absolute atomic E-state index is 4.77. The van der Waals surface area contributed by atoms with E-state index in [4.69, 9.17) is 4.98 Å². The molecular formula is C15H12N5+. The lowest BCUT2D eigenvalue weighted by molar-refractivity contribution is -0.636. The van der Waals surface area contributed by atoms with Gasteiger partial charge in [0.1, 0.15) is 6.54 Å². The molecule has 5 heteroatoms. The predicted octanol–water partition coefficient (Wildman–Crippen LogP) is 1.54. The lowest BCUT2D eigenvalue weighted by Gasteiger charge is -1.96. The van der Waals surface area contributed by atoms with Crippen molar-refractivity contribution in [2.24, 2.45) is 7.05 Å². The highest BCUT2D eigenvalue weighted by Gasteiger charge is 2.34. The Morgan fingerprint density at radius 3 is 3.10 bits per heavy atom. The third kappa shape index (κ3) is 1.02. The van der Waals surface area contributed by atoms with Crippen molar-refractivity contribution < 1.29 is 4.57 Å². The summed E-state index contributed by atoms with van der Waals surface area (Å²) in [5.41, 5.74) is 5.46. The summed E-state index contributed by atoms with van der Waals surface area (Å²) in [5.74, 6) is 1.18. The van der Waals surface area contributed by atoms with E-state index in [1.807, 2.05) is 30.5 Å². The van der Waals surface area contributed by atoms with Crippen LogP contribution in [0, 0.1) is 0 Å². The summed E-state index contributed by atoms with van der Waals surface area (Å²) in [6.45, 7) is 0.798. The normalized spacial score (nSPS) is 13.1. The lowest BCUT2D eigenvalue weighted by Crippen LogP contribution is -2.30. The maximum atomic E-state index is 4.77. The third-order valence-corrected chi connectivity index (χ3v) is 4.07. The van der Waals surface area contributed by atoms with Crippen molar-refractivity contribution in [3.63, 3.8) is 0 Å². The van der Waals surface area contributed by atoms with Crippen molar-refractivity contribution in [3.05, 3.63) is 48.4 Å². The second-order valence-corrected chi connectivity index (χ2v) is 5.15. The summed E-state index contributed by atoms with van der Waals surface area (Å²) >= 11 is 0. The monoisotopic (exact) mass is 262 g/mol. The van der Waals surface area contributed by atoms with Gasteiger partial charge in [-0.25, -0.2) is 13.5 Å². The Balaban J connectivity index is 1.98. The van der Waals surface area contributed by atoms with Crippen LogP contribution in [0.3, 0.4) is 0 Å². The smallest absolute Gasteiger partial charge is 0.257 e. The third-order valence-electron chi connectivity index (χ3n) is 4.07. The van der Waals surface area contributed by atoms with Crippen molar-refractivity contribution in [1.82, 2.24) is 18.9 Å². The van der Waals surface area contributed by atoms with Crippen molar-refractivity contribution in [3.8, 4) is 11.4 Å². The molecule has 0 spiro atoms. The van der Waals surface area contributed by atoms with Crippen LogP contribution in [0.1, 0.15) is 5.69 Å². The average molecular weight is 262 g/mol. The van der Waals surface area contributed by atoms with Gasteiger partial charge in [-0.1, -0.05) is 6.07 Å². The number of aromatic nitrogens is 5. The van der Waals surface area contributed by atoms with Crippen LogP contribution in [0.2, 0.25) is 0 Å². The van der Waals surface area contributed by atoms with E-state index in [1.165, 1.54) is 11.4 Å². The van der Waals surface area contributed by atoms with Gasteiger partial charge in [0.2, 0.25) is 5.82 Å². The molecule has 0 saturated carbocycles. The van der Waals surface area contributed by atoms with Gasteiger partial charge in [0, 0.05) is 6.20 Å². The zero-order chi connectivity index (χ0) is 13.3. The van der Waals surface area contributed by atoms with Gasteiger partial charge >= 0.3 is 0 Å². The van der Waals surface area contributed by atoms with Crippen LogP contribution in [-0.2, 0) is 13.6 Å². The molecule has 0 bridgehead atoms. The van der Waals surface area contributed by atoms with Gasteiger partial charge in [-0.2, -0.15) is 4.98 Å². The topological polar surface area (TPSA) is 39.0 Å². The molecule has 5 nitrogen and oxygen atoms in total. The summed E-state index contributed by atoms with van der Waals surface area (Å²) < 4.78 is 6.60. The lowest BCUT2D eigenvalue weighted by atomic mass is 10.2. The van der Waals surface area contributed by atoms with Gasteiger partial charge in [-0.05, 0) is 24.3 Å². The van der Waals surface area contributed by atoms with E-state index in [0.717, 1.165) is 29.2 Å². The molecule has 0 saturated heterocycles. The standard InChI is InChI=1S/C15H12N5/c1-18-14-10-5-4-7-16-11(10)9-20(14)13-15(18)19-8-3-2-6-12(19)17-13/h2-8H,9H2,1H3/q+1. The first-order valence-corrected chi connectivity index (χ1v) is 6.64. The molecule has 0 amide bonds. The minimum Gasteiger partial charge on any atom is -0.257 e. The number of hydrogen-bond donors (Lipinski definition) is 0. The summed E-state index contributed by atoms with van der Waals surface area (Å²) in [6.07, 6.45) is 3.91. The van der Waals surface area contributed by atoms with Crippen LogP contribution in [0.4, 0.5) is 0 Å². The first-order chi connectivity index (χ1) is 9.84. The SMILES string of the molecule is C[n+]1c2n(c3nc4ccccn4c31)Cc1ncccc1-2. The van der Waals surface area contributed by atoms with E-state index in [0.29, 0.717) is 0 Å². The van der Waals surface area contributed by atoms with Crippen LogP contribution < -0.4 is 4.57 Å². The minimum atomic E-state index is 0.798. The molecule has 0 unspecified atom stereocenters. The van der Waals surface area contributed by atoms with E-state index in [1.54, 1.807) is 0 Å². The van der Waals surface area contributed by atoms with E-state index < -0.39 is 0 Å². The molecule has 5 rings (SSSR count). The number of pyridine rings is 2. The zero-order valence-corrected chi connectivity index (χ0v) is 11.0. The second-order valence-electron chi connectivity index (χ2n) is 5.15. The average Bonchev–Trinajstić information content (AvgIpc) is 3.10. The van der Waals surface area contributed by atoms with Gasteiger partial charge in [0.25, 0.3) is 11.3 Å². The fraction of sp³-hybridized carbons (Fsp3) is 0.133. The quantitative estimate of drug-likeness (QED) is 0.397. The Labute approximate surface area is 114 Å². The summed E-state index contributed by atoms with van der Waals surface area (Å²) in [7, 11) is 2.09. The van der Waals surface area contributed by atoms with E-state index in [-0.39, 0.29) is 0 Å². The Bertz CT molecular complexity index is 992. The number of imidazole rings is 2. The van der Waals surface area contributed by atoms with E-state index >= 15 is 0 Å². The van der Waals surface area contributed by atoms with Crippen LogP contribution in [0.15, 0.2) is 42.7 Å². The van der Waals surface area contributed by atoms with Crippen molar-refractivity contribution in [2.75, 3.05) is 0 Å². The molecule has 20 heavy (non-hydrogen) atoms. The highest BCUT2D eigenvalue weighted by atomic mass is 15.3. The minimum absolute atomic E-state index is 0.798. The largest absolute Gasteiger partial charge is 0.294 e. The maximum Gasteiger partial charge on any atom is 0.294 e. The fourth-order valence-corrected chi connectivity index (χ4v) is 3.24. The van der Waals surface area contributed by atoms with Crippen LogP contribution in [-0.4, -0.2) is 18.9 Å². The Kier molecular flexibility index (Phi) is 1.65. The van der Waals surface area contributed by atoms with Gasteiger partial charge in [-0.3, -0.25) is 4.98 Å². The second kappa shape index (κ2) is 3.25. The van der Waals surface area contributed by atoms with Crippen LogP contribution in [0.5, 0.6) is 0 Å². The van der Waals surface area contributed by atoms with Gasteiger partial charge in [0.05, 0.1) is 24.5 Å². The number of fused-ring (bicyclic) bond motifs is 7. The zero-order valence-electron chi connectivity index (χ0n) is 11.0. The fourth-order valence-electron chi connectivity index (χ4n) is 3.24. The van der Waals surface area contributed by atoms with Crippen LogP contribution >= 0.6 is 0 Å². The Morgan fingerprint density at radius 2 is 2.15 bits per heavy atom. The highest BCUT2D eigenvalue weighted by molar-refractivity contribution is 5.77.